The van der Waals surface area contributed by atoms with E-state index in [0.29, 0.717) is 0 Å². The molecule has 0 spiro atoms. The summed E-state index contributed by atoms with van der Waals surface area (Å²) in [6.07, 6.45) is -1.41. The second-order valence-corrected chi connectivity index (χ2v) is 4.39. The molecule has 1 aliphatic carbocycles. The molecule has 0 saturated heterocycles. The standard InChI is InChI=1S/C10H14F2N2O/c1-6(11)5-9(2)7(3-4-13)10(9,12)8(14)15/h6-7H,3,5H2,1-2H3,(H2,14,15)/t6?,7-,9?,10+/m0/s1. The van der Waals surface area contributed by atoms with Gasteiger partial charge in [0.2, 0.25) is 0 Å². The molecule has 0 aromatic heterocycles. The summed E-state index contributed by atoms with van der Waals surface area (Å²) in [6, 6.07) is 1.80. The number of nitriles is 1. The Hall–Kier alpha value is -1.18. The number of nitrogens with two attached hydrogens (primary N) is 1. The Balaban J connectivity index is 2.90. The summed E-state index contributed by atoms with van der Waals surface area (Å²) in [4.78, 5) is 11.0. The van der Waals surface area contributed by atoms with Gasteiger partial charge < -0.3 is 5.73 Å². The van der Waals surface area contributed by atoms with Crippen LogP contribution in [0.4, 0.5) is 8.78 Å². The number of primary amides is 1. The summed E-state index contributed by atoms with van der Waals surface area (Å²) in [5.74, 6) is -1.86. The predicted octanol–water partition coefficient (Wildman–Crippen LogP) is 1.48. The van der Waals surface area contributed by atoms with Crippen molar-refractivity contribution in [1.82, 2.24) is 0 Å². The second kappa shape index (κ2) is 3.44. The highest BCUT2D eigenvalue weighted by molar-refractivity contribution is 5.89. The van der Waals surface area contributed by atoms with E-state index < -0.39 is 29.1 Å². The summed E-state index contributed by atoms with van der Waals surface area (Å²) < 4.78 is 26.9. The number of alkyl halides is 2. The molecule has 0 heterocycles. The van der Waals surface area contributed by atoms with E-state index in [9.17, 15) is 13.6 Å². The van der Waals surface area contributed by atoms with Crippen LogP contribution in [0.1, 0.15) is 26.7 Å². The lowest BCUT2D eigenvalue weighted by Gasteiger charge is -2.13. The lowest BCUT2D eigenvalue weighted by atomic mass is 9.96. The van der Waals surface area contributed by atoms with E-state index in [2.05, 4.69) is 0 Å². The molecule has 0 aromatic rings. The quantitative estimate of drug-likeness (QED) is 0.773. The van der Waals surface area contributed by atoms with Crippen LogP contribution in [0.5, 0.6) is 0 Å². The Morgan fingerprint density at radius 2 is 2.27 bits per heavy atom. The Morgan fingerprint density at radius 1 is 1.73 bits per heavy atom. The molecule has 0 aromatic carbocycles. The highest BCUT2D eigenvalue weighted by Crippen LogP contribution is 2.68. The lowest BCUT2D eigenvalue weighted by molar-refractivity contribution is -0.126. The summed E-state index contributed by atoms with van der Waals surface area (Å²) in [7, 11) is 0. The number of carbonyl (C=O) groups is 1. The van der Waals surface area contributed by atoms with Crippen molar-refractivity contribution in [2.45, 2.75) is 38.5 Å². The van der Waals surface area contributed by atoms with Crippen LogP contribution in [-0.2, 0) is 4.79 Å². The van der Waals surface area contributed by atoms with Crippen molar-refractivity contribution in [1.29, 1.82) is 5.26 Å². The maximum atomic E-state index is 14.1. The maximum absolute atomic E-state index is 14.1. The Bertz CT molecular complexity index is 326. The van der Waals surface area contributed by atoms with Gasteiger partial charge in [-0.1, -0.05) is 6.92 Å². The molecule has 1 saturated carbocycles. The van der Waals surface area contributed by atoms with Crippen LogP contribution < -0.4 is 5.73 Å². The summed E-state index contributed by atoms with van der Waals surface area (Å²) in [5, 5.41) is 8.49. The molecule has 5 heteroatoms. The van der Waals surface area contributed by atoms with Gasteiger partial charge in [-0.25, -0.2) is 8.78 Å². The molecule has 0 radical (unpaired) electrons. The topological polar surface area (TPSA) is 66.9 Å². The third-order valence-electron chi connectivity index (χ3n) is 3.36. The molecule has 1 amide bonds. The zero-order valence-corrected chi connectivity index (χ0v) is 8.76. The van der Waals surface area contributed by atoms with E-state index in [-0.39, 0.29) is 12.8 Å². The summed E-state index contributed by atoms with van der Waals surface area (Å²) in [5.41, 5.74) is 1.62. The predicted molar refractivity (Wildman–Crippen MR) is 50.0 cm³/mol. The van der Waals surface area contributed by atoms with Crippen molar-refractivity contribution in [3.8, 4) is 6.07 Å². The molecular weight excluding hydrogens is 202 g/mol. The molecule has 2 unspecified atom stereocenters. The second-order valence-electron chi connectivity index (χ2n) is 4.39. The van der Waals surface area contributed by atoms with Crippen LogP contribution >= 0.6 is 0 Å². The minimum atomic E-state index is -2.22. The average molecular weight is 216 g/mol. The van der Waals surface area contributed by atoms with Gasteiger partial charge in [0.05, 0.1) is 12.2 Å². The van der Waals surface area contributed by atoms with Gasteiger partial charge in [-0.05, 0) is 13.3 Å². The van der Waals surface area contributed by atoms with Gasteiger partial charge in [0.1, 0.15) is 0 Å². The largest absolute Gasteiger partial charge is 0.367 e. The number of hydrogen-bond donors (Lipinski definition) is 1. The average Bonchev–Trinajstić information content (AvgIpc) is 2.53. The van der Waals surface area contributed by atoms with Gasteiger partial charge in [-0.2, -0.15) is 5.26 Å². The van der Waals surface area contributed by atoms with Gasteiger partial charge in [0.25, 0.3) is 5.91 Å². The first-order valence-corrected chi connectivity index (χ1v) is 4.80. The molecule has 0 aliphatic heterocycles. The van der Waals surface area contributed by atoms with Crippen molar-refractivity contribution >= 4 is 5.91 Å². The molecule has 2 N–H and O–H groups in total. The van der Waals surface area contributed by atoms with E-state index in [4.69, 9.17) is 11.0 Å². The first kappa shape index (κ1) is 11.9. The Labute approximate surface area is 87.2 Å². The van der Waals surface area contributed by atoms with E-state index in [0.717, 1.165) is 0 Å². The molecule has 0 bridgehead atoms. The van der Waals surface area contributed by atoms with Crippen molar-refractivity contribution in [3.63, 3.8) is 0 Å². The molecule has 4 atom stereocenters. The molecule has 1 fully saturated rings. The number of amides is 1. The van der Waals surface area contributed by atoms with E-state index in [1.54, 1.807) is 6.07 Å². The van der Waals surface area contributed by atoms with E-state index >= 15 is 0 Å². The van der Waals surface area contributed by atoms with Crippen LogP contribution in [0.15, 0.2) is 0 Å². The van der Waals surface area contributed by atoms with E-state index in [1.165, 1.54) is 13.8 Å². The summed E-state index contributed by atoms with van der Waals surface area (Å²) in [6.45, 7) is 2.77. The van der Waals surface area contributed by atoms with Gasteiger partial charge in [-0.15, -0.1) is 0 Å². The third-order valence-corrected chi connectivity index (χ3v) is 3.36. The minimum absolute atomic E-state index is 0.0845. The van der Waals surface area contributed by atoms with Crippen LogP contribution in [0.2, 0.25) is 0 Å². The molecule has 1 rings (SSSR count). The fraction of sp³-hybridized carbons (Fsp3) is 0.800. The highest BCUT2D eigenvalue weighted by Gasteiger charge is 2.78. The number of carbonyl (C=O) groups excluding carboxylic acids is 1. The first-order valence-electron chi connectivity index (χ1n) is 4.80. The lowest BCUT2D eigenvalue weighted by Crippen LogP contribution is -2.32. The van der Waals surface area contributed by atoms with Crippen molar-refractivity contribution in [2.24, 2.45) is 17.1 Å². The van der Waals surface area contributed by atoms with Gasteiger partial charge >= 0.3 is 0 Å². The van der Waals surface area contributed by atoms with Crippen LogP contribution in [0.3, 0.4) is 0 Å². The van der Waals surface area contributed by atoms with Gasteiger partial charge in [-0.3, -0.25) is 4.79 Å². The smallest absolute Gasteiger partial charge is 0.256 e. The number of nitrogens with zero attached hydrogens (tertiary/aromatic N) is 1. The zero-order chi connectivity index (χ0) is 11.9. The third kappa shape index (κ3) is 1.48. The maximum Gasteiger partial charge on any atom is 0.256 e. The Morgan fingerprint density at radius 3 is 2.60 bits per heavy atom. The molecule has 3 nitrogen and oxygen atoms in total. The van der Waals surface area contributed by atoms with Crippen molar-refractivity contribution < 1.29 is 13.6 Å². The molecule has 84 valence electrons. The zero-order valence-electron chi connectivity index (χ0n) is 8.76. The normalized spacial score (nSPS) is 40.6. The number of rotatable bonds is 4. The minimum Gasteiger partial charge on any atom is -0.367 e. The number of hydrogen-bond acceptors (Lipinski definition) is 2. The summed E-state index contributed by atoms with van der Waals surface area (Å²) >= 11 is 0. The fourth-order valence-electron chi connectivity index (χ4n) is 2.51. The van der Waals surface area contributed by atoms with Crippen LogP contribution in [-0.4, -0.2) is 17.7 Å². The van der Waals surface area contributed by atoms with Crippen LogP contribution in [0, 0.1) is 22.7 Å². The first-order chi connectivity index (χ1) is 6.80. The SMILES string of the molecule is CC(F)CC1(C)[C@H](CC#N)[C@@]1(F)C(N)=O. The van der Waals surface area contributed by atoms with Gasteiger partial charge in [0, 0.05) is 17.8 Å². The monoisotopic (exact) mass is 216 g/mol. The van der Waals surface area contributed by atoms with E-state index in [1.807, 2.05) is 0 Å². The van der Waals surface area contributed by atoms with Crippen LogP contribution in [0.25, 0.3) is 0 Å². The molecule has 15 heavy (non-hydrogen) atoms. The molecular formula is C10H14F2N2O. The fourth-order valence-corrected chi connectivity index (χ4v) is 2.51. The highest BCUT2D eigenvalue weighted by atomic mass is 19.1. The molecule has 1 aliphatic rings. The van der Waals surface area contributed by atoms with Crippen molar-refractivity contribution in [3.05, 3.63) is 0 Å². The Kier molecular flexibility index (Phi) is 2.73. The number of halogens is 2. The van der Waals surface area contributed by atoms with Crippen molar-refractivity contribution in [2.75, 3.05) is 0 Å². The van der Waals surface area contributed by atoms with Gasteiger partial charge in [0.15, 0.2) is 5.67 Å².